The van der Waals surface area contributed by atoms with Gasteiger partial charge in [0.1, 0.15) is 5.82 Å². The number of aliphatic imine (C=N–C) groups is 1. The first-order chi connectivity index (χ1) is 13.0. The number of nitrogens with two attached hydrogens (primary N) is 1. The van der Waals surface area contributed by atoms with E-state index in [2.05, 4.69) is 20.4 Å². The van der Waals surface area contributed by atoms with Crippen LogP contribution in [-0.2, 0) is 0 Å². The number of nitrogens with zero attached hydrogens (tertiary/aromatic N) is 4. The van der Waals surface area contributed by atoms with Crippen LogP contribution in [0.25, 0.3) is 16.9 Å². The highest BCUT2D eigenvalue weighted by Gasteiger charge is 2.14. The van der Waals surface area contributed by atoms with Crippen LogP contribution in [0, 0.1) is 19.7 Å². The molecule has 1 aliphatic heterocycles. The van der Waals surface area contributed by atoms with E-state index in [1.165, 1.54) is 6.07 Å². The summed E-state index contributed by atoms with van der Waals surface area (Å²) in [4.78, 5) is 8.97. The molecule has 27 heavy (non-hydrogen) atoms. The van der Waals surface area contributed by atoms with Crippen molar-refractivity contribution >= 4 is 17.5 Å². The minimum absolute atomic E-state index is 0.223. The third kappa shape index (κ3) is 3.55. The van der Waals surface area contributed by atoms with Gasteiger partial charge in [-0.1, -0.05) is 0 Å². The van der Waals surface area contributed by atoms with Crippen molar-refractivity contribution < 1.29 is 4.39 Å². The molecule has 1 saturated heterocycles. The molecule has 3 heterocycles. The Morgan fingerprint density at radius 1 is 1.26 bits per heavy atom. The first kappa shape index (κ1) is 17.6. The van der Waals surface area contributed by atoms with Crippen LogP contribution in [-0.4, -0.2) is 39.9 Å². The van der Waals surface area contributed by atoms with Gasteiger partial charge in [0.2, 0.25) is 0 Å². The maximum Gasteiger partial charge on any atom is 0.156 e. The van der Waals surface area contributed by atoms with Crippen molar-refractivity contribution in [3.63, 3.8) is 0 Å². The van der Waals surface area contributed by atoms with Crippen LogP contribution in [0.5, 0.6) is 0 Å². The molecule has 0 spiro atoms. The summed E-state index contributed by atoms with van der Waals surface area (Å²) in [6.07, 6.45) is 5.35. The number of fused-ring (bicyclic) bond motifs is 1. The Balaban J connectivity index is 1.68. The SMILES string of the molecule is Cc1cn2nc(-c3cc(N)c(C=NC4CCNCC4)c(F)c3)cc(C)c2n1. The average Bonchev–Trinajstić information content (AvgIpc) is 3.02. The fourth-order valence-electron chi connectivity index (χ4n) is 3.44. The topological polar surface area (TPSA) is 80.6 Å². The number of aryl methyl sites for hydroxylation is 2. The van der Waals surface area contributed by atoms with Crippen LogP contribution in [0.2, 0.25) is 0 Å². The van der Waals surface area contributed by atoms with Crippen LogP contribution in [0.15, 0.2) is 29.4 Å². The van der Waals surface area contributed by atoms with Gasteiger partial charge in [-0.05, 0) is 63.5 Å². The van der Waals surface area contributed by atoms with Gasteiger partial charge in [-0.25, -0.2) is 13.9 Å². The second-order valence-electron chi connectivity index (χ2n) is 7.08. The van der Waals surface area contributed by atoms with E-state index in [1.807, 2.05) is 26.1 Å². The van der Waals surface area contributed by atoms with Gasteiger partial charge < -0.3 is 11.1 Å². The molecule has 6 nitrogen and oxygen atoms in total. The normalized spacial score (nSPS) is 15.8. The molecule has 0 atom stereocenters. The molecule has 1 aliphatic rings. The molecule has 4 rings (SSSR count). The molecular formula is C20H23FN6. The largest absolute Gasteiger partial charge is 0.398 e. The number of hydrogen-bond donors (Lipinski definition) is 2. The number of piperidine rings is 1. The predicted octanol–water partition coefficient (Wildman–Crippen LogP) is 2.91. The van der Waals surface area contributed by atoms with Crippen molar-refractivity contribution in [2.24, 2.45) is 4.99 Å². The van der Waals surface area contributed by atoms with Crippen molar-refractivity contribution in [3.8, 4) is 11.3 Å². The summed E-state index contributed by atoms with van der Waals surface area (Å²) in [5.41, 5.74) is 10.8. The highest BCUT2D eigenvalue weighted by Crippen LogP contribution is 2.26. The molecule has 0 amide bonds. The number of nitrogen functional groups attached to an aromatic ring is 1. The van der Waals surface area contributed by atoms with Gasteiger partial charge >= 0.3 is 0 Å². The first-order valence-corrected chi connectivity index (χ1v) is 9.18. The number of rotatable bonds is 3. The fourth-order valence-corrected chi connectivity index (χ4v) is 3.44. The standard InChI is InChI=1S/C20H23FN6/c1-12-7-19(26-27-11-13(2)25-20(12)27)14-8-17(21)16(18(22)9-14)10-24-15-3-5-23-6-4-15/h7-11,15,23H,3-6,22H2,1-2H3. The maximum absolute atomic E-state index is 14.7. The quantitative estimate of drug-likeness (QED) is 0.552. The van der Waals surface area contributed by atoms with Gasteiger partial charge in [0.25, 0.3) is 0 Å². The summed E-state index contributed by atoms with van der Waals surface area (Å²) in [7, 11) is 0. The molecule has 1 fully saturated rings. The zero-order valence-electron chi connectivity index (χ0n) is 15.5. The number of halogens is 1. The molecule has 1 aromatic carbocycles. The Labute approximate surface area is 157 Å². The van der Waals surface area contributed by atoms with E-state index in [9.17, 15) is 4.39 Å². The molecule has 0 aliphatic carbocycles. The summed E-state index contributed by atoms with van der Waals surface area (Å²) < 4.78 is 16.5. The zero-order valence-corrected chi connectivity index (χ0v) is 15.5. The molecule has 0 bridgehead atoms. The minimum atomic E-state index is -0.385. The molecule has 0 unspecified atom stereocenters. The highest BCUT2D eigenvalue weighted by molar-refractivity contribution is 5.89. The van der Waals surface area contributed by atoms with Gasteiger partial charge in [-0.2, -0.15) is 5.10 Å². The van der Waals surface area contributed by atoms with Crippen LogP contribution in [0.3, 0.4) is 0 Å². The third-order valence-electron chi connectivity index (χ3n) is 4.91. The Hall–Kier alpha value is -2.80. The van der Waals surface area contributed by atoms with Gasteiger partial charge in [0, 0.05) is 17.5 Å². The van der Waals surface area contributed by atoms with Crippen LogP contribution in [0.1, 0.15) is 29.7 Å². The molecule has 2 aromatic heterocycles. The van der Waals surface area contributed by atoms with Crippen molar-refractivity contribution in [1.82, 2.24) is 19.9 Å². The number of imidazole rings is 1. The summed E-state index contributed by atoms with van der Waals surface area (Å²) in [6, 6.07) is 5.35. The number of aromatic nitrogens is 3. The second kappa shape index (κ2) is 7.08. The average molecular weight is 366 g/mol. The lowest BCUT2D eigenvalue weighted by molar-refractivity contribution is 0.461. The fraction of sp³-hybridized carbons (Fsp3) is 0.350. The van der Waals surface area contributed by atoms with E-state index < -0.39 is 0 Å². The van der Waals surface area contributed by atoms with Crippen molar-refractivity contribution in [1.29, 1.82) is 0 Å². The summed E-state index contributed by atoms with van der Waals surface area (Å²) in [6.45, 7) is 5.77. The Morgan fingerprint density at radius 2 is 2.04 bits per heavy atom. The third-order valence-corrected chi connectivity index (χ3v) is 4.91. The number of hydrogen-bond acceptors (Lipinski definition) is 5. The minimum Gasteiger partial charge on any atom is -0.398 e. The first-order valence-electron chi connectivity index (χ1n) is 9.18. The van der Waals surface area contributed by atoms with Gasteiger partial charge in [-0.15, -0.1) is 0 Å². The van der Waals surface area contributed by atoms with E-state index >= 15 is 0 Å². The number of nitrogens with one attached hydrogen (secondary N) is 1. The monoisotopic (exact) mass is 366 g/mol. The van der Waals surface area contributed by atoms with Crippen molar-refractivity contribution in [2.75, 3.05) is 18.8 Å². The molecule has 0 radical (unpaired) electrons. The molecular weight excluding hydrogens is 343 g/mol. The summed E-state index contributed by atoms with van der Waals surface area (Å²) in [5, 5.41) is 7.84. The Kier molecular flexibility index (Phi) is 4.61. The van der Waals surface area contributed by atoms with Crippen LogP contribution < -0.4 is 11.1 Å². The Morgan fingerprint density at radius 3 is 2.78 bits per heavy atom. The van der Waals surface area contributed by atoms with Gasteiger partial charge in [0.05, 0.1) is 29.2 Å². The summed E-state index contributed by atoms with van der Waals surface area (Å²) in [5.74, 6) is -0.385. The smallest absolute Gasteiger partial charge is 0.156 e. The lowest BCUT2D eigenvalue weighted by Crippen LogP contribution is -2.29. The van der Waals surface area contributed by atoms with Crippen molar-refractivity contribution in [2.45, 2.75) is 32.7 Å². The number of benzene rings is 1. The Bertz CT molecular complexity index is 994. The molecule has 3 N–H and O–H groups in total. The van der Waals surface area contributed by atoms with E-state index in [0.717, 1.165) is 42.8 Å². The van der Waals surface area contributed by atoms with Crippen LogP contribution in [0.4, 0.5) is 10.1 Å². The molecule has 7 heteroatoms. The lowest BCUT2D eigenvalue weighted by atomic mass is 10.0. The highest BCUT2D eigenvalue weighted by atomic mass is 19.1. The molecule has 3 aromatic rings. The molecule has 140 valence electrons. The predicted molar refractivity (Wildman–Crippen MR) is 106 cm³/mol. The maximum atomic E-state index is 14.7. The van der Waals surface area contributed by atoms with Crippen molar-refractivity contribution in [3.05, 3.63) is 47.0 Å². The van der Waals surface area contributed by atoms with E-state index in [1.54, 1.807) is 16.8 Å². The molecule has 0 saturated carbocycles. The van der Waals surface area contributed by atoms with Gasteiger partial charge in [-0.3, -0.25) is 4.99 Å². The second-order valence-corrected chi connectivity index (χ2v) is 7.08. The van der Waals surface area contributed by atoms with E-state index in [0.29, 0.717) is 22.5 Å². The van der Waals surface area contributed by atoms with E-state index in [4.69, 9.17) is 5.73 Å². The van der Waals surface area contributed by atoms with Gasteiger partial charge in [0.15, 0.2) is 5.65 Å². The van der Waals surface area contributed by atoms with E-state index in [-0.39, 0.29) is 11.9 Å². The number of anilines is 1. The van der Waals surface area contributed by atoms with Crippen LogP contribution >= 0.6 is 0 Å². The zero-order chi connectivity index (χ0) is 19.0. The lowest BCUT2D eigenvalue weighted by Gasteiger charge is -2.18. The summed E-state index contributed by atoms with van der Waals surface area (Å²) >= 11 is 0.